The van der Waals surface area contributed by atoms with Crippen molar-refractivity contribution in [2.75, 3.05) is 24.6 Å². The van der Waals surface area contributed by atoms with Gasteiger partial charge >= 0.3 is 0 Å². The zero-order valence-electron chi connectivity index (χ0n) is 8.98. The third kappa shape index (κ3) is 4.17. The lowest BCUT2D eigenvalue weighted by molar-refractivity contribution is -0.131. The van der Waals surface area contributed by atoms with E-state index in [1.54, 1.807) is 4.90 Å². The van der Waals surface area contributed by atoms with Crippen molar-refractivity contribution in [2.45, 2.75) is 25.8 Å². The van der Waals surface area contributed by atoms with Crippen LogP contribution in [0, 0.1) is 0 Å². The lowest BCUT2D eigenvalue weighted by Gasteiger charge is -2.26. The summed E-state index contributed by atoms with van der Waals surface area (Å²) in [6, 6.07) is 0.0162. The second kappa shape index (κ2) is 4.94. The van der Waals surface area contributed by atoms with Crippen molar-refractivity contribution in [3.05, 3.63) is 0 Å². The van der Waals surface area contributed by atoms with E-state index in [2.05, 4.69) is 0 Å². The fraction of sp³-hybridized carbons (Fsp3) is 0.889. The minimum atomic E-state index is -2.90. The van der Waals surface area contributed by atoms with E-state index in [1.165, 1.54) is 0 Å². The smallest absolute Gasteiger partial charge is 0.222 e. The Morgan fingerprint density at radius 3 is 2.40 bits per heavy atom. The Morgan fingerprint density at radius 2 is 1.93 bits per heavy atom. The molecule has 0 aromatic rings. The maximum Gasteiger partial charge on any atom is 0.222 e. The van der Waals surface area contributed by atoms with Crippen LogP contribution in [-0.4, -0.2) is 49.9 Å². The van der Waals surface area contributed by atoms with Crippen LogP contribution in [0.2, 0.25) is 0 Å². The third-order valence-electron chi connectivity index (χ3n) is 2.51. The maximum absolute atomic E-state index is 11.6. The van der Waals surface area contributed by atoms with Crippen LogP contribution >= 0.6 is 0 Å². The first-order valence-corrected chi connectivity index (χ1v) is 6.96. The average Bonchev–Trinajstić information content (AvgIpc) is 2.14. The molecule has 1 unspecified atom stereocenters. The molecule has 6 heteroatoms. The molecule has 88 valence electrons. The number of nitrogens with two attached hydrogens (primary N) is 1. The number of carbonyl (C=O) groups is 1. The van der Waals surface area contributed by atoms with Crippen molar-refractivity contribution in [2.24, 2.45) is 5.73 Å². The lowest BCUT2D eigenvalue weighted by Crippen LogP contribution is -2.43. The van der Waals surface area contributed by atoms with Gasteiger partial charge in [0.25, 0.3) is 0 Å². The molecule has 0 radical (unpaired) electrons. The standard InChI is InChI=1S/C9H18N2O3S/c1-8(10)2-3-9(12)11-4-6-15(13,14)7-5-11/h8H,2-7,10H2,1H3. The first-order valence-electron chi connectivity index (χ1n) is 5.14. The van der Waals surface area contributed by atoms with Gasteiger partial charge in [-0.1, -0.05) is 0 Å². The summed E-state index contributed by atoms with van der Waals surface area (Å²) < 4.78 is 22.3. The summed E-state index contributed by atoms with van der Waals surface area (Å²) in [5, 5.41) is 0. The predicted molar refractivity (Wildman–Crippen MR) is 58.1 cm³/mol. The molecule has 0 saturated carbocycles. The maximum atomic E-state index is 11.6. The van der Waals surface area contributed by atoms with Gasteiger partial charge in [0.2, 0.25) is 5.91 Å². The van der Waals surface area contributed by atoms with Crippen LogP contribution in [0.1, 0.15) is 19.8 Å². The molecule has 15 heavy (non-hydrogen) atoms. The normalized spacial score (nSPS) is 22.4. The van der Waals surface area contributed by atoms with E-state index in [1.807, 2.05) is 6.92 Å². The lowest BCUT2D eigenvalue weighted by atomic mass is 10.2. The van der Waals surface area contributed by atoms with Crippen molar-refractivity contribution in [3.63, 3.8) is 0 Å². The van der Waals surface area contributed by atoms with Crippen LogP contribution in [0.25, 0.3) is 0 Å². The Kier molecular flexibility index (Phi) is 4.10. The van der Waals surface area contributed by atoms with E-state index >= 15 is 0 Å². The van der Waals surface area contributed by atoms with Crippen molar-refractivity contribution in [1.82, 2.24) is 4.90 Å². The molecular weight excluding hydrogens is 216 g/mol. The SMILES string of the molecule is CC(N)CCC(=O)N1CCS(=O)(=O)CC1. The molecular formula is C9H18N2O3S. The number of hydrogen-bond acceptors (Lipinski definition) is 4. The zero-order chi connectivity index (χ0) is 11.5. The van der Waals surface area contributed by atoms with Gasteiger partial charge in [-0.2, -0.15) is 0 Å². The van der Waals surface area contributed by atoms with Gasteiger partial charge < -0.3 is 10.6 Å². The molecule has 1 aliphatic heterocycles. The molecule has 0 aliphatic carbocycles. The Balaban J connectivity index is 2.37. The number of nitrogens with zero attached hydrogens (tertiary/aromatic N) is 1. The molecule has 1 atom stereocenters. The molecule has 1 rings (SSSR count). The number of sulfone groups is 1. The molecule has 1 fully saturated rings. The van der Waals surface area contributed by atoms with Crippen LogP contribution in [0.4, 0.5) is 0 Å². The highest BCUT2D eigenvalue weighted by Gasteiger charge is 2.24. The Hall–Kier alpha value is -0.620. The van der Waals surface area contributed by atoms with E-state index < -0.39 is 9.84 Å². The summed E-state index contributed by atoms with van der Waals surface area (Å²) in [6.45, 7) is 2.52. The van der Waals surface area contributed by atoms with Gasteiger partial charge in [-0.15, -0.1) is 0 Å². The summed E-state index contributed by atoms with van der Waals surface area (Å²) in [6.07, 6.45) is 1.07. The molecule has 0 aromatic heterocycles. The second-order valence-corrected chi connectivity index (χ2v) is 6.35. The fourth-order valence-corrected chi connectivity index (χ4v) is 2.67. The van der Waals surface area contributed by atoms with Gasteiger partial charge in [0.05, 0.1) is 11.5 Å². The Morgan fingerprint density at radius 1 is 1.40 bits per heavy atom. The molecule has 1 heterocycles. The largest absolute Gasteiger partial charge is 0.341 e. The number of amides is 1. The second-order valence-electron chi connectivity index (χ2n) is 4.05. The molecule has 0 bridgehead atoms. The highest BCUT2D eigenvalue weighted by Crippen LogP contribution is 2.07. The van der Waals surface area contributed by atoms with Crippen LogP contribution in [0.15, 0.2) is 0 Å². The highest BCUT2D eigenvalue weighted by molar-refractivity contribution is 7.91. The summed E-state index contributed by atoms with van der Waals surface area (Å²) in [5.41, 5.74) is 5.55. The van der Waals surface area contributed by atoms with Gasteiger partial charge in [-0.25, -0.2) is 8.42 Å². The van der Waals surface area contributed by atoms with Gasteiger partial charge in [0.1, 0.15) is 0 Å². The molecule has 1 amide bonds. The first kappa shape index (κ1) is 12.4. The van der Waals surface area contributed by atoms with Crippen molar-refractivity contribution in [3.8, 4) is 0 Å². The monoisotopic (exact) mass is 234 g/mol. The van der Waals surface area contributed by atoms with E-state index in [0.717, 1.165) is 0 Å². The van der Waals surface area contributed by atoms with Crippen LogP contribution in [0.3, 0.4) is 0 Å². The van der Waals surface area contributed by atoms with E-state index in [9.17, 15) is 13.2 Å². The molecule has 0 aromatic carbocycles. The topological polar surface area (TPSA) is 80.5 Å². The first-order chi connectivity index (χ1) is 6.91. The van der Waals surface area contributed by atoms with Gasteiger partial charge in [-0.05, 0) is 13.3 Å². The Labute approximate surface area is 90.5 Å². The summed E-state index contributed by atoms with van der Waals surface area (Å²) in [7, 11) is -2.90. The van der Waals surface area contributed by atoms with Crippen LogP contribution < -0.4 is 5.73 Å². The predicted octanol–water partition coefficient (Wildman–Crippen LogP) is -0.629. The highest BCUT2D eigenvalue weighted by atomic mass is 32.2. The third-order valence-corrected chi connectivity index (χ3v) is 4.12. The minimum absolute atomic E-state index is 0.0159. The van der Waals surface area contributed by atoms with Crippen molar-refractivity contribution < 1.29 is 13.2 Å². The van der Waals surface area contributed by atoms with Crippen LogP contribution in [-0.2, 0) is 14.6 Å². The van der Waals surface area contributed by atoms with E-state index in [0.29, 0.717) is 25.9 Å². The summed E-state index contributed by atoms with van der Waals surface area (Å²) >= 11 is 0. The number of rotatable bonds is 3. The van der Waals surface area contributed by atoms with Crippen LogP contribution in [0.5, 0.6) is 0 Å². The van der Waals surface area contributed by atoms with Crippen molar-refractivity contribution in [1.29, 1.82) is 0 Å². The Bertz CT molecular complexity index is 310. The average molecular weight is 234 g/mol. The molecule has 1 saturated heterocycles. The quantitative estimate of drug-likeness (QED) is 0.705. The summed E-state index contributed by atoms with van der Waals surface area (Å²) in [5.74, 6) is 0.204. The van der Waals surface area contributed by atoms with E-state index in [-0.39, 0.29) is 23.5 Å². The minimum Gasteiger partial charge on any atom is -0.341 e. The fourth-order valence-electron chi connectivity index (χ4n) is 1.47. The van der Waals surface area contributed by atoms with Gasteiger partial charge in [0, 0.05) is 25.6 Å². The molecule has 0 spiro atoms. The molecule has 1 aliphatic rings. The van der Waals surface area contributed by atoms with E-state index in [4.69, 9.17) is 5.73 Å². The molecule has 5 nitrogen and oxygen atoms in total. The van der Waals surface area contributed by atoms with Gasteiger partial charge in [-0.3, -0.25) is 4.79 Å². The van der Waals surface area contributed by atoms with Gasteiger partial charge in [0.15, 0.2) is 9.84 Å². The molecule has 2 N–H and O–H groups in total. The number of hydrogen-bond donors (Lipinski definition) is 1. The summed E-state index contributed by atoms with van der Waals surface area (Å²) in [4.78, 5) is 13.2. The van der Waals surface area contributed by atoms with Crippen molar-refractivity contribution >= 4 is 15.7 Å². The number of carbonyl (C=O) groups excluding carboxylic acids is 1. The zero-order valence-corrected chi connectivity index (χ0v) is 9.79.